The van der Waals surface area contributed by atoms with Gasteiger partial charge in [0.15, 0.2) is 0 Å². The van der Waals surface area contributed by atoms with Crippen LogP contribution < -0.4 is 5.32 Å². The lowest BCUT2D eigenvalue weighted by Gasteiger charge is -2.12. The van der Waals surface area contributed by atoms with Crippen molar-refractivity contribution in [2.45, 2.75) is 13.2 Å². The first kappa shape index (κ1) is 20.7. The predicted molar refractivity (Wildman–Crippen MR) is 123 cm³/mol. The summed E-state index contributed by atoms with van der Waals surface area (Å²) >= 11 is 0. The molecule has 2 amide bonds. The number of ether oxygens (including phenoxy) is 1. The topological polar surface area (TPSA) is 108 Å². The van der Waals surface area contributed by atoms with Crippen LogP contribution in [-0.4, -0.2) is 33.0 Å². The van der Waals surface area contributed by atoms with Gasteiger partial charge in [-0.05, 0) is 19.1 Å². The number of rotatable bonds is 5. The van der Waals surface area contributed by atoms with Gasteiger partial charge in [-0.3, -0.25) is 25.0 Å². The summed E-state index contributed by atoms with van der Waals surface area (Å²) in [5.41, 5.74) is 3.08. The number of carbonyl (C=O) groups excluding carboxylic acids is 2. The molecule has 0 bridgehead atoms. The van der Waals surface area contributed by atoms with Gasteiger partial charge < -0.3 is 13.9 Å². The minimum atomic E-state index is -0.502. The van der Waals surface area contributed by atoms with Gasteiger partial charge in [0.25, 0.3) is 17.5 Å². The Kier molecular flexibility index (Phi) is 4.64. The van der Waals surface area contributed by atoms with Crippen molar-refractivity contribution in [1.82, 2.24) is 14.5 Å². The zero-order valence-electron chi connectivity index (χ0n) is 18.2. The first-order valence-electron chi connectivity index (χ1n) is 10.3. The molecule has 3 heterocycles. The Morgan fingerprint density at radius 1 is 0.970 bits per heavy atom. The molecule has 0 fully saturated rings. The molecule has 0 aliphatic carbocycles. The van der Waals surface area contributed by atoms with Gasteiger partial charge >= 0.3 is 0 Å². The van der Waals surface area contributed by atoms with Crippen molar-refractivity contribution >= 4 is 50.5 Å². The smallest absolute Gasteiger partial charge is 0.271 e. The van der Waals surface area contributed by atoms with Crippen LogP contribution in [0.25, 0.3) is 33.0 Å². The highest BCUT2D eigenvalue weighted by Crippen LogP contribution is 2.39. The van der Waals surface area contributed by atoms with E-state index in [0.29, 0.717) is 22.0 Å². The molecular formula is C24H20N4O5. The van der Waals surface area contributed by atoms with Crippen LogP contribution >= 0.6 is 0 Å². The second-order valence-electron chi connectivity index (χ2n) is 7.95. The van der Waals surface area contributed by atoms with Crippen molar-refractivity contribution in [3.05, 3.63) is 76.1 Å². The molecule has 0 saturated carbocycles. The van der Waals surface area contributed by atoms with Crippen molar-refractivity contribution in [1.29, 1.82) is 0 Å². The average Bonchev–Trinajstić information content (AvgIpc) is 3.43. The minimum Gasteiger partial charge on any atom is -0.362 e. The minimum absolute atomic E-state index is 0.0481. The maximum Gasteiger partial charge on any atom is 0.271 e. The summed E-state index contributed by atoms with van der Waals surface area (Å²) < 4.78 is 9.12. The first-order chi connectivity index (χ1) is 15.8. The molecular weight excluding hydrogens is 424 g/mol. The number of hydrogen-bond donors (Lipinski definition) is 1. The highest BCUT2D eigenvalue weighted by Gasteiger charge is 2.35. The van der Waals surface area contributed by atoms with E-state index in [1.807, 2.05) is 42.0 Å². The molecule has 9 nitrogen and oxygen atoms in total. The Labute approximate surface area is 188 Å². The predicted octanol–water partition coefficient (Wildman–Crippen LogP) is 3.77. The van der Waals surface area contributed by atoms with E-state index in [2.05, 4.69) is 5.32 Å². The molecule has 0 radical (unpaired) electrons. The van der Waals surface area contributed by atoms with E-state index in [-0.39, 0.29) is 23.1 Å². The van der Waals surface area contributed by atoms with Crippen LogP contribution in [0, 0.1) is 10.1 Å². The van der Waals surface area contributed by atoms with Crippen LogP contribution in [-0.2, 0) is 21.4 Å². The Hall–Kier alpha value is -4.24. The Bertz CT molecular complexity index is 1520. The molecule has 1 atom stereocenters. The molecule has 2 aromatic carbocycles. The molecule has 166 valence electrons. The summed E-state index contributed by atoms with van der Waals surface area (Å²) in [6.45, 7) is 1.89. The first-order valence-corrected chi connectivity index (χ1v) is 10.3. The lowest BCUT2D eigenvalue weighted by atomic mass is 9.95. The number of benzene rings is 2. The van der Waals surface area contributed by atoms with Crippen molar-refractivity contribution in [2.24, 2.45) is 7.05 Å². The van der Waals surface area contributed by atoms with E-state index >= 15 is 0 Å². The number of fused-ring (bicyclic) bond motifs is 2. The molecule has 33 heavy (non-hydrogen) atoms. The molecule has 1 aliphatic rings. The van der Waals surface area contributed by atoms with Gasteiger partial charge in [-0.25, -0.2) is 0 Å². The fraction of sp³-hybridized carbons (Fsp3) is 0.167. The average molecular weight is 444 g/mol. The van der Waals surface area contributed by atoms with Gasteiger partial charge in [0.1, 0.15) is 6.23 Å². The number of nitrogens with zero attached hydrogens (tertiary/aromatic N) is 3. The second kappa shape index (κ2) is 7.42. The van der Waals surface area contributed by atoms with E-state index in [9.17, 15) is 19.7 Å². The summed E-state index contributed by atoms with van der Waals surface area (Å²) in [7, 11) is 3.35. The van der Waals surface area contributed by atoms with E-state index < -0.39 is 16.7 Å². The summed E-state index contributed by atoms with van der Waals surface area (Å²) in [4.78, 5) is 36.8. The fourth-order valence-electron chi connectivity index (χ4n) is 4.47. The third-order valence-electron chi connectivity index (χ3n) is 6.13. The molecule has 9 heteroatoms. The third-order valence-corrected chi connectivity index (χ3v) is 6.13. The van der Waals surface area contributed by atoms with Gasteiger partial charge in [0, 0.05) is 60.6 Å². The zero-order chi connectivity index (χ0) is 23.4. The molecule has 0 saturated heterocycles. The summed E-state index contributed by atoms with van der Waals surface area (Å²) in [6.07, 6.45) is 3.26. The molecule has 1 unspecified atom stereocenters. The van der Waals surface area contributed by atoms with Crippen molar-refractivity contribution < 1.29 is 19.2 Å². The SMILES string of the molecule is COC(C)n1cc(C2=C(c3cn(C)c4cc([N+](=O)[O-])ccc34)C(=O)NC2=O)c2ccccc21. The maximum atomic E-state index is 13.0. The van der Waals surface area contributed by atoms with Crippen LogP contribution in [0.15, 0.2) is 54.9 Å². The Balaban J connectivity index is 1.82. The van der Waals surface area contributed by atoms with E-state index in [0.717, 1.165) is 10.9 Å². The lowest BCUT2D eigenvalue weighted by Crippen LogP contribution is -2.22. The third kappa shape index (κ3) is 3.05. The summed E-state index contributed by atoms with van der Waals surface area (Å²) in [6, 6.07) is 12.1. The molecule has 2 aromatic heterocycles. The summed E-state index contributed by atoms with van der Waals surface area (Å²) in [5.74, 6) is -0.987. The number of imide groups is 1. The van der Waals surface area contributed by atoms with E-state index in [4.69, 9.17) is 4.74 Å². The van der Waals surface area contributed by atoms with Gasteiger partial charge in [-0.2, -0.15) is 0 Å². The van der Waals surface area contributed by atoms with E-state index in [1.165, 1.54) is 12.1 Å². The summed E-state index contributed by atoms with van der Waals surface area (Å²) in [5, 5.41) is 15.1. The van der Waals surface area contributed by atoms with Gasteiger partial charge in [-0.1, -0.05) is 18.2 Å². The molecule has 4 aromatic rings. The quantitative estimate of drug-likeness (QED) is 0.286. The Morgan fingerprint density at radius 3 is 2.27 bits per heavy atom. The number of amides is 2. The van der Waals surface area contributed by atoms with Crippen LogP contribution in [0.2, 0.25) is 0 Å². The standard InChI is InChI=1S/C24H20N4O5/c1-13(33-3)27-12-18(15-6-4-5-7-19(15)27)22-21(23(29)25-24(22)30)17-11-26(2)20-10-14(28(31)32)8-9-16(17)20/h4-13H,1-3H3,(H,25,29,30). The van der Waals surface area contributed by atoms with Crippen molar-refractivity contribution in [3.8, 4) is 0 Å². The number of aryl methyl sites for hydroxylation is 1. The number of nitrogens with one attached hydrogen (secondary N) is 1. The zero-order valence-corrected chi connectivity index (χ0v) is 18.2. The fourth-order valence-corrected chi connectivity index (χ4v) is 4.47. The molecule has 1 N–H and O–H groups in total. The number of methoxy groups -OCH3 is 1. The van der Waals surface area contributed by atoms with Gasteiger partial charge in [0.05, 0.1) is 27.1 Å². The van der Waals surface area contributed by atoms with Crippen LogP contribution in [0.1, 0.15) is 24.3 Å². The number of nitro benzene ring substituents is 1. The number of carbonyl (C=O) groups is 2. The van der Waals surface area contributed by atoms with Crippen molar-refractivity contribution in [3.63, 3.8) is 0 Å². The molecule has 0 spiro atoms. The van der Waals surface area contributed by atoms with E-state index in [1.54, 1.807) is 31.0 Å². The van der Waals surface area contributed by atoms with Crippen LogP contribution in [0.3, 0.4) is 0 Å². The highest BCUT2D eigenvalue weighted by atomic mass is 16.6. The molecule has 5 rings (SSSR count). The van der Waals surface area contributed by atoms with Gasteiger partial charge in [-0.15, -0.1) is 0 Å². The van der Waals surface area contributed by atoms with Crippen molar-refractivity contribution in [2.75, 3.05) is 7.11 Å². The number of non-ortho nitro benzene ring substituents is 1. The molecule has 1 aliphatic heterocycles. The Morgan fingerprint density at radius 2 is 1.61 bits per heavy atom. The number of nitro groups is 1. The number of hydrogen-bond acceptors (Lipinski definition) is 5. The number of aromatic nitrogens is 2. The van der Waals surface area contributed by atoms with Crippen LogP contribution in [0.4, 0.5) is 5.69 Å². The van der Waals surface area contributed by atoms with Crippen LogP contribution in [0.5, 0.6) is 0 Å². The maximum absolute atomic E-state index is 13.0. The monoisotopic (exact) mass is 444 g/mol. The largest absolute Gasteiger partial charge is 0.362 e. The van der Waals surface area contributed by atoms with Gasteiger partial charge in [0.2, 0.25) is 0 Å². The normalized spacial score (nSPS) is 15.0. The highest BCUT2D eigenvalue weighted by molar-refractivity contribution is 6.50. The number of para-hydroxylation sites is 1. The lowest BCUT2D eigenvalue weighted by molar-refractivity contribution is -0.384. The second-order valence-corrected chi connectivity index (χ2v) is 7.95.